The molecule has 0 heterocycles. The minimum absolute atomic E-state index is 0.0181. The molecule has 0 saturated heterocycles. The first kappa shape index (κ1) is 17.7. The van der Waals surface area contributed by atoms with E-state index in [4.69, 9.17) is 0 Å². The van der Waals surface area contributed by atoms with E-state index in [2.05, 4.69) is 35.4 Å². The molecule has 2 N–H and O–H groups in total. The van der Waals surface area contributed by atoms with Crippen LogP contribution in [0.15, 0.2) is 24.3 Å². The van der Waals surface area contributed by atoms with E-state index >= 15 is 0 Å². The summed E-state index contributed by atoms with van der Waals surface area (Å²) in [5, 5.41) is 6.29. The molecule has 0 saturated carbocycles. The molecule has 118 valence electrons. The summed E-state index contributed by atoms with van der Waals surface area (Å²) in [7, 11) is 4.05. The third-order valence-corrected chi connectivity index (χ3v) is 3.76. The summed E-state index contributed by atoms with van der Waals surface area (Å²) in [5.41, 5.74) is 2.13. The quantitative estimate of drug-likeness (QED) is 0.774. The topological polar surface area (TPSA) is 44.4 Å². The lowest BCUT2D eigenvalue weighted by Crippen LogP contribution is -2.41. The molecule has 1 aromatic rings. The van der Waals surface area contributed by atoms with Crippen LogP contribution in [0.1, 0.15) is 38.7 Å². The van der Waals surface area contributed by atoms with E-state index in [1.54, 1.807) is 0 Å². The van der Waals surface area contributed by atoms with E-state index < -0.39 is 0 Å². The highest BCUT2D eigenvalue weighted by Crippen LogP contribution is 2.26. The van der Waals surface area contributed by atoms with Crippen LogP contribution in [0, 0.1) is 0 Å². The maximum atomic E-state index is 12.3. The number of nitrogens with one attached hydrogen (secondary N) is 2. The number of benzene rings is 1. The zero-order chi connectivity index (χ0) is 15.8. The molecule has 0 aromatic heterocycles. The number of carbonyl (C=O) groups is 1. The van der Waals surface area contributed by atoms with E-state index in [0.29, 0.717) is 5.92 Å². The van der Waals surface area contributed by atoms with Crippen molar-refractivity contribution in [2.45, 2.75) is 39.2 Å². The first-order valence-electron chi connectivity index (χ1n) is 7.73. The van der Waals surface area contributed by atoms with E-state index in [0.717, 1.165) is 25.2 Å². The molecule has 1 aromatic carbocycles. The monoisotopic (exact) mass is 291 g/mol. The average Bonchev–Trinajstić information content (AvgIpc) is 2.46. The Morgan fingerprint density at radius 1 is 1.24 bits per heavy atom. The van der Waals surface area contributed by atoms with Crippen molar-refractivity contribution in [3.63, 3.8) is 0 Å². The molecule has 4 heteroatoms. The fourth-order valence-corrected chi connectivity index (χ4v) is 2.10. The number of para-hydroxylation sites is 1. The molecule has 0 aliphatic heterocycles. The molecule has 0 aliphatic carbocycles. The molecule has 0 radical (unpaired) electrons. The highest BCUT2D eigenvalue weighted by atomic mass is 16.2. The second-order valence-electron chi connectivity index (χ2n) is 5.86. The van der Waals surface area contributed by atoms with Gasteiger partial charge in [0, 0.05) is 18.8 Å². The van der Waals surface area contributed by atoms with Crippen molar-refractivity contribution >= 4 is 11.6 Å². The fraction of sp³-hybridized carbons (Fsp3) is 0.588. The van der Waals surface area contributed by atoms with E-state index in [9.17, 15) is 4.79 Å². The predicted molar refractivity (Wildman–Crippen MR) is 89.8 cm³/mol. The number of hydrogen-bond donors (Lipinski definition) is 2. The highest BCUT2D eigenvalue weighted by molar-refractivity contribution is 5.95. The van der Waals surface area contributed by atoms with Crippen molar-refractivity contribution < 1.29 is 4.79 Å². The molecule has 21 heavy (non-hydrogen) atoms. The van der Waals surface area contributed by atoms with Gasteiger partial charge in [0.15, 0.2) is 0 Å². The van der Waals surface area contributed by atoms with Crippen LogP contribution in [0.2, 0.25) is 0 Å². The summed E-state index contributed by atoms with van der Waals surface area (Å²) < 4.78 is 0. The highest BCUT2D eigenvalue weighted by Gasteiger charge is 2.15. The molecule has 0 spiro atoms. The van der Waals surface area contributed by atoms with Crippen molar-refractivity contribution in [1.29, 1.82) is 0 Å². The molecule has 1 amide bonds. The Labute approximate surface area is 128 Å². The van der Waals surface area contributed by atoms with Gasteiger partial charge >= 0.3 is 0 Å². The number of likely N-dealkylation sites (N-methyl/N-ethyl adjacent to an activating group) is 1. The molecule has 0 unspecified atom stereocenters. The van der Waals surface area contributed by atoms with Crippen LogP contribution in [0.4, 0.5) is 5.69 Å². The lowest BCUT2D eigenvalue weighted by Gasteiger charge is -2.19. The SMILES string of the molecule is CC[C@@H](C)c1ccccc1NC(=O)[C@H](C)NCCN(C)C. The number of nitrogens with zero attached hydrogens (tertiary/aromatic N) is 1. The molecule has 1 rings (SSSR count). The predicted octanol–water partition coefficient (Wildman–Crippen LogP) is 2.68. The van der Waals surface area contributed by atoms with Gasteiger partial charge in [-0.05, 0) is 45.0 Å². The van der Waals surface area contributed by atoms with Gasteiger partial charge in [-0.25, -0.2) is 0 Å². The van der Waals surface area contributed by atoms with Gasteiger partial charge in [0.2, 0.25) is 5.91 Å². The van der Waals surface area contributed by atoms with Gasteiger partial charge in [-0.1, -0.05) is 32.0 Å². The van der Waals surface area contributed by atoms with Crippen LogP contribution in [-0.2, 0) is 4.79 Å². The first-order valence-corrected chi connectivity index (χ1v) is 7.73. The van der Waals surface area contributed by atoms with Gasteiger partial charge in [0.25, 0.3) is 0 Å². The molecule has 0 aliphatic rings. The molecule has 0 bridgehead atoms. The second-order valence-corrected chi connectivity index (χ2v) is 5.86. The van der Waals surface area contributed by atoms with Gasteiger partial charge in [-0.2, -0.15) is 0 Å². The Balaban J connectivity index is 2.62. The van der Waals surface area contributed by atoms with E-state index in [1.165, 1.54) is 5.56 Å². The largest absolute Gasteiger partial charge is 0.324 e. The molecule has 4 nitrogen and oxygen atoms in total. The van der Waals surface area contributed by atoms with Crippen LogP contribution < -0.4 is 10.6 Å². The Morgan fingerprint density at radius 2 is 1.90 bits per heavy atom. The van der Waals surface area contributed by atoms with Crippen molar-refractivity contribution in [3.05, 3.63) is 29.8 Å². The Hall–Kier alpha value is -1.39. The minimum Gasteiger partial charge on any atom is -0.324 e. The Kier molecular flexibility index (Phi) is 7.40. The van der Waals surface area contributed by atoms with Crippen LogP contribution in [-0.4, -0.2) is 44.0 Å². The summed E-state index contributed by atoms with van der Waals surface area (Å²) in [6, 6.07) is 7.86. The van der Waals surface area contributed by atoms with Gasteiger partial charge in [-0.15, -0.1) is 0 Å². The summed E-state index contributed by atoms with van der Waals surface area (Å²) >= 11 is 0. The summed E-state index contributed by atoms with van der Waals surface area (Å²) in [4.78, 5) is 14.4. The van der Waals surface area contributed by atoms with E-state index in [1.807, 2.05) is 39.2 Å². The lowest BCUT2D eigenvalue weighted by atomic mass is 9.97. The molecule has 0 fully saturated rings. The number of rotatable bonds is 8. The van der Waals surface area contributed by atoms with E-state index in [-0.39, 0.29) is 11.9 Å². The number of amides is 1. The van der Waals surface area contributed by atoms with Crippen LogP contribution >= 0.6 is 0 Å². The zero-order valence-electron chi connectivity index (χ0n) is 13.9. The van der Waals surface area contributed by atoms with Crippen LogP contribution in [0.5, 0.6) is 0 Å². The maximum absolute atomic E-state index is 12.3. The average molecular weight is 291 g/mol. The summed E-state index contributed by atoms with van der Waals surface area (Å²) in [6.45, 7) is 7.96. The smallest absolute Gasteiger partial charge is 0.241 e. The lowest BCUT2D eigenvalue weighted by molar-refractivity contribution is -0.117. The maximum Gasteiger partial charge on any atom is 0.241 e. The number of hydrogen-bond acceptors (Lipinski definition) is 3. The Morgan fingerprint density at radius 3 is 2.52 bits per heavy atom. The van der Waals surface area contributed by atoms with Gasteiger partial charge < -0.3 is 15.5 Å². The van der Waals surface area contributed by atoms with Gasteiger partial charge in [0.1, 0.15) is 0 Å². The van der Waals surface area contributed by atoms with Gasteiger partial charge in [0.05, 0.1) is 6.04 Å². The van der Waals surface area contributed by atoms with Crippen molar-refractivity contribution in [2.24, 2.45) is 0 Å². The fourth-order valence-electron chi connectivity index (χ4n) is 2.10. The first-order chi connectivity index (χ1) is 9.95. The van der Waals surface area contributed by atoms with Crippen molar-refractivity contribution in [2.75, 3.05) is 32.5 Å². The number of anilines is 1. The Bertz CT molecular complexity index is 445. The molecule has 2 atom stereocenters. The van der Waals surface area contributed by atoms with Crippen molar-refractivity contribution in [3.8, 4) is 0 Å². The standard InChI is InChI=1S/C17H29N3O/c1-6-13(2)15-9-7-8-10-16(15)19-17(21)14(3)18-11-12-20(4)5/h7-10,13-14,18H,6,11-12H2,1-5H3,(H,19,21)/t13-,14+/m1/s1. The minimum atomic E-state index is -0.199. The van der Waals surface area contributed by atoms with Crippen molar-refractivity contribution in [1.82, 2.24) is 10.2 Å². The third-order valence-electron chi connectivity index (χ3n) is 3.76. The van der Waals surface area contributed by atoms with Crippen LogP contribution in [0.25, 0.3) is 0 Å². The normalized spacial score (nSPS) is 14.0. The second kappa shape index (κ2) is 8.80. The van der Waals surface area contributed by atoms with Gasteiger partial charge in [-0.3, -0.25) is 4.79 Å². The summed E-state index contributed by atoms with van der Waals surface area (Å²) in [5.74, 6) is 0.461. The number of carbonyl (C=O) groups excluding carboxylic acids is 1. The molecular formula is C17H29N3O. The van der Waals surface area contributed by atoms with Crippen LogP contribution in [0.3, 0.4) is 0 Å². The summed E-state index contributed by atoms with van der Waals surface area (Å²) in [6.07, 6.45) is 1.06. The third kappa shape index (κ3) is 5.86. The molecular weight excluding hydrogens is 262 g/mol. The zero-order valence-corrected chi connectivity index (χ0v) is 13.9.